The highest BCUT2D eigenvalue weighted by molar-refractivity contribution is 6.29. The van der Waals surface area contributed by atoms with Gasteiger partial charge in [-0.1, -0.05) is 11.6 Å². The van der Waals surface area contributed by atoms with Gasteiger partial charge in [0.05, 0.1) is 0 Å². The molecule has 0 bridgehead atoms. The molecule has 0 aromatic carbocycles. The van der Waals surface area contributed by atoms with Crippen LogP contribution in [-0.4, -0.2) is 22.9 Å². The van der Waals surface area contributed by atoms with Crippen molar-refractivity contribution >= 4 is 17.5 Å². The molecule has 86 valence electrons. The lowest BCUT2D eigenvalue weighted by atomic mass is 10.1. The Hall–Kier alpha value is -1.94. The number of nitrogens with one attached hydrogen (secondary N) is 1. The summed E-state index contributed by atoms with van der Waals surface area (Å²) < 4.78 is 0. The van der Waals surface area contributed by atoms with Crippen LogP contribution in [0.5, 0.6) is 0 Å². The summed E-state index contributed by atoms with van der Waals surface area (Å²) in [7, 11) is 1.57. The molecule has 2 aromatic rings. The molecule has 1 amide bonds. The molecule has 0 atom stereocenters. The zero-order valence-corrected chi connectivity index (χ0v) is 9.90. The minimum Gasteiger partial charge on any atom is -0.354 e. The molecule has 2 aromatic heterocycles. The van der Waals surface area contributed by atoms with Crippen LogP contribution in [0.15, 0.2) is 36.7 Å². The van der Waals surface area contributed by atoms with E-state index < -0.39 is 0 Å². The monoisotopic (exact) mass is 247 g/mol. The predicted octanol–water partition coefficient (Wildman–Crippen LogP) is 2.16. The van der Waals surface area contributed by atoms with Gasteiger partial charge < -0.3 is 5.32 Å². The first-order valence-electron chi connectivity index (χ1n) is 5.01. The molecule has 17 heavy (non-hydrogen) atoms. The Labute approximate surface area is 104 Å². The SMILES string of the molecule is CNC(=O)c1cc(-c2ccnc(Cl)c2)ccn1. The fourth-order valence-electron chi connectivity index (χ4n) is 1.44. The number of aromatic nitrogens is 2. The molecule has 4 nitrogen and oxygen atoms in total. The Morgan fingerprint density at radius 2 is 1.82 bits per heavy atom. The molecule has 0 radical (unpaired) electrons. The van der Waals surface area contributed by atoms with Gasteiger partial charge in [0.1, 0.15) is 10.8 Å². The van der Waals surface area contributed by atoms with Crippen molar-refractivity contribution in [1.82, 2.24) is 15.3 Å². The number of halogens is 1. The maximum Gasteiger partial charge on any atom is 0.269 e. The van der Waals surface area contributed by atoms with Gasteiger partial charge in [-0.25, -0.2) is 4.98 Å². The second-order valence-electron chi connectivity index (χ2n) is 3.38. The zero-order chi connectivity index (χ0) is 12.3. The van der Waals surface area contributed by atoms with E-state index in [0.717, 1.165) is 11.1 Å². The van der Waals surface area contributed by atoms with Crippen LogP contribution >= 0.6 is 11.6 Å². The van der Waals surface area contributed by atoms with Gasteiger partial charge in [-0.3, -0.25) is 9.78 Å². The molecule has 0 aliphatic heterocycles. The summed E-state index contributed by atoms with van der Waals surface area (Å²) in [5.41, 5.74) is 2.15. The Morgan fingerprint density at radius 1 is 1.18 bits per heavy atom. The molecule has 0 aliphatic rings. The first-order valence-corrected chi connectivity index (χ1v) is 5.38. The van der Waals surface area contributed by atoms with Crippen molar-refractivity contribution in [3.8, 4) is 11.1 Å². The molecule has 1 N–H and O–H groups in total. The lowest BCUT2D eigenvalue weighted by Gasteiger charge is -2.04. The average Bonchev–Trinajstić information content (AvgIpc) is 2.38. The molecule has 0 spiro atoms. The third-order valence-corrected chi connectivity index (χ3v) is 2.49. The first kappa shape index (κ1) is 11.5. The van der Waals surface area contributed by atoms with Gasteiger partial charge in [-0.2, -0.15) is 0 Å². The maximum atomic E-state index is 11.5. The third kappa shape index (κ3) is 2.60. The van der Waals surface area contributed by atoms with Crippen molar-refractivity contribution in [1.29, 1.82) is 0 Å². The molecule has 0 saturated heterocycles. The van der Waals surface area contributed by atoms with Gasteiger partial charge in [0.2, 0.25) is 0 Å². The van der Waals surface area contributed by atoms with E-state index in [2.05, 4.69) is 15.3 Å². The molecule has 0 unspecified atom stereocenters. The van der Waals surface area contributed by atoms with E-state index in [1.165, 1.54) is 0 Å². The van der Waals surface area contributed by atoms with Gasteiger partial charge in [0.15, 0.2) is 0 Å². The number of nitrogens with zero attached hydrogens (tertiary/aromatic N) is 2. The van der Waals surface area contributed by atoms with Crippen LogP contribution in [-0.2, 0) is 0 Å². The second-order valence-corrected chi connectivity index (χ2v) is 3.76. The summed E-state index contributed by atoms with van der Waals surface area (Å²) in [4.78, 5) is 19.4. The average molecular weight is 248 g/mol. The van der Waals surface area contributed by atoms with Crippen molar-refractivity contribution in [3.63, 3.8) is 0 Å². The smallest absolute Gasteiger partial charge is 0.269 e. The van der Waals surface area contributed by atoms with E-state index >= 15 is 0 Å². The summed E-state index contributed by atoms with van der Waals surface area (Å²) >= 11 is 5.82. The topological polar surface area (TPSA) is 54.9 Å². The van der Waals surface area contributed by atoms with Crippen LogP contribution in [0.2, 0.25) is 5.15 Å². The molecule has 5 heteroatoms. The highest BCUT2D eigenvalue weighted by atomic mass is 35.5. The summed E-state index contributed by atoms with van der Waals surface area (Å²) in [5.74, 6) is -0.216. The number of pyridine rings is 2. The van der Waals surface area contributed by atoms with Crippen LogP contribution < -0.4 is 5.32 Å². The van der Waals surface area contributed by atoms with Crippen LogP contribution in [0.25, 0.3) is 11.1 Å². The van der Waals surface area contributed by atoms with Gasteiger partial charge in [0, 0.05) is 19.4 Å². The third-order valence-electron chi connectivity index (χ3n) is 2.28. The van der Waals surface area contributed by atoms with E-state index in [1.54, 1.807) is 31.6 Å². The zero-order valence-electron chi connectivity index (χ0n) is 9.14. The summed E-state index contributed by atoms with van der Waals surface area (Å²) in [6, 6.07) is 7.10. The highest BCUT2D eigenvalue weighted by Crippen LogP contribution is 2.21. The molecule has 0 saturated carbocycles. The highest BCUT2D eigenvalue weighted by Gasteiger charge is 2.06. The van der Waals surface area contributed by atoms with E-state index in [0.29, 0.717) is 10.8 Å². The lowest BCUT2D eigenvalue weighted by molar-refractivity contribution is 0.0958. The fourth-order valence-corrected chi connectivity index (χ4v) is 1.62. The van der Waals surface area contributed by atoms with Crippen LogP contribution in [0.3, 0.4) is 0 Å². The molecular formula is C12H10ClN3O. The van der Waals surface area contributed by atoms with E-state index in [4.69, 9.17) is 11.6 Å². The van der Waals surface area contributed by atoms with E-state index in [-0.39, 0.29) is 5.91 Å². The number of hydrogen-bond acceptors (Lipinski definition) is 3. The van der Waals surface area contributed by atoms with Gasteiger partial charge in [-0.15, -0.1) is 0 Å². The van der Waals surface area contributed by atoms with Crippen LogP contribution in [0.1, 0.15) is 10.5 Å². The summed E-state index contributed by atoms with van der Waals surface area (Å²) in [6.45, 7) is 0. The first-order chi connectivity index (χ1) is 8.20. The number of amides is 1. The van der Waals surface area contributed by atoms with Crippen LogP contribution in [0.4, 0.5) is 0 Å². The van der Waals surface area contributed by atoms with Crippen molar-refractivity contribution in [2.24, 2.45) is 0 Å². The van der Waals surface area contributed by atoms with E-state index in [9.17, 15) is 4.79 Å². The molecular weight excluding hydrogens is 238 g/mol. The maximum absolute atomic E-state index is 11.5. The Kier molecular flexibility index (Phi) is 3.35. The Bertz CT molecular complexity index is 557. The normalized spacial score (nSPS) is 10.0. The Morgan fingerprint density at radius 3 is 2.47 bits per heavy atom. The summed E-state index contributed by atoms with van der Waals surface area (Å²) in [6.07, 6.45) is 3.21. The quantitative estimate of drug-likeness (QED) is 0.828. The number of carbonyl (C=O) groups excluding carboxylic acids is 1. The largest absolute Gasteiger partial charge is 0.354 e. The number of rotatable bonds is 2. The van der Waals surface area contributed by atoms with Crippen molar-refractivity contribution in [2.75, 3.05) is 7.05 Å². The number of hydrogen-bond donors (Lipinski definition) is 1. The molecule has 2 rings (SSSR count). The molecule has 0 aliphatic carbocycles. The predicted molar refractivity (Wildman–Crippen MR) is 65.9 cm³/mol. The van der Waals surface area contributed by atoms with Gasteiger partial charge in [0.25, 0.3) is 5.91 Å². The fraction of sp³-hybridized carbons (Fsp3) is 0.0833. The van der Waals surface area contributed by atoms with Crippen molar-refractivity contribution < 1.29 is 4.79 Å². The standard InChI is InChI=1S/C12H10ClN3O/c1-14-12(17)10-6-8(2-4-15-10)9-3-5-16-11(13)7-9/h2-7H,1H3,(H,14,17). The minimum absolute atomic E-state index is 0.216. The van der Waals surface area contributed by atoms with Gasteiger partial charge in [-0.05, 0) is 35.4 Å². The number of carbonyl (C=O) groups is 1. The van der Waals surface area contributed by atoms with Gasteiger partial charge >= 0.3 is 0 Å². The van der Waals surface area contributed by atoms with E-state index in [1.807, 2.05) is 12.1 Å². The molecule has 2 heterocycles. The lowest BCUT2D eigenvalue weighted by Crippen LogP contribution is -2.19. The Balaban J connectivity index is 2.43. The van der Waals surface area contributed by atoms with Crippen molar-refractivity contribution in [3.05, 3.63) is 47.5 Å². The summed E-state index contributed by atoms with van der Waals surface area (Å²) in [5, 5.41) is 2.95. The second kappa shape index (κ2) is 4.93. The van der Waals surface area contributed by atoms with Crippen LogP contribution in [0, 0.1) is 0 Å². The van der Waals surface area contributed by atoms with Crippen molar-refractivity contribution in [2.45, 2.75) is 0 Å². The minimum atomic E-state index is -0.216. The molecule has 0 fully saturated rings.